The van der Waals surface area contributed by atoms with Gasteiger partial charge in [0.15, 0.2) is 0 Å². The van der Waals surface area contributed by atoms with Crippen LogP contribution in [-0.2, 0) is 12.0 Å². The lowest BCUT2D eigenvalue weighted by atomic mass is 9.85. The summed E-state index contributed by atoms with van der Waals surface area (Å²) in [4.78, 5) is 4.59. The van der Waals surface area contributed by atoms with Gasteiger partial charge in [-0.2, -0.15) is 0 Å². The van der Waals surface area contributed by atoms with Gasteiger partial charge in [-0.15, -0.1) is 0 Å². The highest BCUT2D eigenvalue weighted by molar-refractivity contribution is 5.85. The van der Waals surface area contributed by atoms with E-state index in [1.807, 2.05) is 6.20 Å². The Labute approximate surface area is 110 Å². The third kappa shape index (κ3) is 2.05. The molecule has 0 saturated heterocycles. The predicted molar refractivity (Wildman–Crippen MR) is 78.2 cm³/mol. The van der Waals surface area contributed by atoms with Gasteiger partial charge in [-0.3, -0.25) is 0 Å². The van der Waals surface area contributed by atoms with Crippen LogP contribution in [0, 0.1) is 0 Å². The number of aromatic nitrogens is 2. The summed E-state index contributed by atoms with van der Waals surface area (Å²) in [5.74, 6) is 0.532. The molecular weight excluding hydrogens is 220 g/mol. The highest BCUT2D eigenvalue weighted by Gasteiger charge is 2.23. The molecule has 0 atom stereocenters. The Bertz CT molecular complexity index is 556. The van der Waals surface area contributed by atoms with Gasteiger partial charge in [0.2, 0.25) is 0 Å². The molecule has 0 radical (unpaired) electrons. The number of hydrogen-bond acceptors (Lipinski definition) is 1. The SMILES string of the molecule is CCn1cc(C(C)(C)C)c2c(C(C)C)ccnc21. The Morgan fingerprint density at radius 2 is 1.94 bits per heavy atom. The van der Waals surface area contributed by atoms with E-state index in [2.05, 4.69) is 63.4 Å². The van der Waals surface area contributed by atoms with Gasteiger partial charge in [0.25, 0.3) is 0 Å². The van der Waals surface area contributed by atoms with Gasteiger partial charge >= 0.3 is 0 Å². The maximum Gasteiger partial charge on any atom is 0.140 e. The normalized spacial score (nSPS) is 12.6. The minimum atomic E-state index is 0.158. The molecule has 0 spiro atoms. The molecule has 2 aromatic rings. The van der Waals surface area contributed by atoms with E-state index in [9.17, 15) is 0 Å². The minimum Gasteiger partial charge on any atom is -0.332 e. The van der Waals surface area contributed by atoms with Crippen molar-refractivity contribution in [2.75, 3.05) is 0 Å². The van der Waals surface area contributed by atoms with Gasteiger partial charge in [0.1, 0.15) is 5.65 Å². The third-order valence-electron chi connectivity index (χ3n) is 3.56. The molecule has 2 heteroatoms. The lowest BCUT2D eigenvalue weighted by Gasteiger charge is -2.19. The summed E-state index contributed by atoms with van der Waals surface area (Å²) in [5.41, 5.74) is 4.12. The van der Waals surface area contributed by atoms with Crippen LogP contribution in [0.1, 0.15) is 58.6 Å². The van der Waals surface area contributed by atoms with Crippen LogP contribution in [0.2, 0.25) is 0 Å². The lowest BCUT2D eigenvalue weighted by molar-refractivity contribution is 0.590. The molecule has 0 aliphatic heterocycles. The summed E-state index contributed by atoms with van der Waals surface area (Å²) in [5, 5.41) is 1.36. The lowest BCUT2D eigenvalue weighted by Crippen LogP contribution is -2.11. The molecule has 0 bridgehead atoms. The quantitative estimate of drug-likeness (QED) is 0.761. The first-order valence-electron chi connectivity index (χ1n) is 6.84. The van der Waals surface area contributed by atoms with E-state index in [1.165, 1.54) is 16.5 Å². The van der Waals surface area contributed by atoms with Gasteiger partial charge in [0, 0.05) is 24.3 Å². The van der Waals surface area contributed by atoms with Crippen LogP contribution in [0.3, 0.4) is 0 Å². The van der Waals surface area contributed by atoms with E-state index in [1.54, 1.807) is 0 Å². The summed E-state index contributed by atoms with van der Waals surface area (Å²) >= 11 is 0. The molecule has 0 aliphatic rings. The molecule has 0 aliphatic carbocycles. The molecule has 0 saturated carbocycles. The zero-order valence-corrected chi connectivity index (χ0v) is 12.4. The monoisotopic (exact) mass is 244 g/mol. The molecule has 2 aromatic heterocycles. The van der Waals surface area contributed by atoms with Gasteiger partial charge in [-0.1, -0.05) is 34.6 Å². The fourth-order valence-corrected chi connectivity index (χ4v) is 2.53. The Kier molecular flexibility index (Phi) is 3.22. The summed E-state index contributed by atoms with van der Waals surface area (Å²) in [6, 6.07) is 2.17. The first-order valence-corrected chi connectivity index (χ1v) is 6.84. The molecular formula is C16H24N2. The van der Waals surface area contributed by atoms with Crippen molar-refractivity contribution in [3.63, 3.8) is 0 Å². The van der Waals surface area contributed by atoms with Crippen LogP contribution in [0.5, 0.6) is 0 Å². The van der Waals surface area contributed by atoms with Gasteiger partial charge in [0.05, 0.1) is 0 Å². The van der Waals surface area contributed by atoms with Crippen molar-refractivity contribution >= 4 is 11.0 Å². The second kappa shape index (κ2) is 4.42. The van der Waals surface area contributed by atoms with Gasteiger partial charge in [-0.25, -0.2) is 4.98 Å². The van der Waals surface area contributed by atoms with E-state index >= 15 is 0 Å². The number of aryl methyl sites for hydroxylation is 1. The van der Waals surface area contributed by atoms with Crippen molar-refractivity contribution in [1.82, 2.24) is 9.55 Å². The van der Waals surface area contributed by atoms with Crippen LogP contribution in [0.15, 0.2) is 18.5 Å². The Morgan fingerprint density at radius 3 is 2.44 bits per heavy atom. The Hall–Kier alpha value is -1.31. The third-order valence-corrected chi connectivity index (χ3v) is 3.56. The van der Waals surface area contributed by atoms with Crippen LogP contribution in [0.4, 0.5) is 0 Å². The molecule has 2 heterocycles. The fourth-order valence-electron chi connectivity index (χ4n) is 2.53. The number of fused-ring (bicyclic) bond motifs is 1. The van der Waals surface area contributed by atoms with Crippen molar-refractivity contribution < 1.29 is 0 Å². The maximum absolute atomic E-state index is 4.59. The largest absolute Gasteiger partial charge is 0.332 e. The smallest absolute Gasteiger partial charge is 0.140 e. The fraction of sp³-hybridized carbons (Fsp3) is 0.562. The highest BCUT2D eigenvalue weighted by atomic mass is 15.0. The molecule has 2 rings (SSSR count). The first kappa shape index (κ1) is 13.1. The molecule has 18 heavy (non-hydrogen) atoms. The summed E-state index contributed by atoms with van der Waals surface area (Å²) in [7, 11) is 0. The van der Waals surface area contributed by atoms with Crippen molar-refractivity contribution in [3.8, 4) is 0 Å². The molecule has 98 valence electrons. The van der Waals surface area contributed by atoms with E-state index in [0.29, 0.717) is 5.92 Å². The molecule has 0 unspecified atom stereocenters. The van der Waals surface area contributed by atoms with E-state index in [4.69, 9.17) is 0 Å². The van der Waals surface area contributed by atoms with Crippen LogP contribution in [0.25, 0.3) is 11.0 Å². The molecule has 0 N–H and O–H groups in total. The van der Waals surface area contributed by atoms with Crippen molar-refractivity contribution in [2.45, 2.75) is 59.4 Å². The summed E-state index contributed by atoms with van der Waals surface area (Å²) in [6.07, 6.45) is 4.22. The Balaban J connectivity index is 2.86. The van der Waals surface area contributed by atoms with E-state index < -0.39 is 0 Å². The van der Waals surface area contributed by atoms with Crippen LogP contribution >= 0.6 is 0 Å². The van der Waals surface area contributed by atoms with Crippen LogP contribution < -0.4 is 0 Å². The zero-order chi connectivity index (χ0) is 13.5. The van der Waals surface area contributed by atoms with Gasteiger partial charge < -0.3 is 4.57 Å². The molecule has 0 fully saturated rings. The average molecular weight is 244 g/mol. The number of hydrogen-bond donors (Lipinski definition) is 0. The predicted octanol–water partition coefficient (Wildman–Crippen LogP) is 4.48. The topological polar surface area (TPSA) is 17.8 Å². The summed E-state index contributed by atoms with van der Waals surface area (Å²) in [6.45, 7) is 14.5. The van der Waals surface area contributed by atoms with E-state index in [-0.39, 0.29) is 5.41 Å². The molecule has 2 nitrogen and oxygen atoms in total. The molecule has 0 aromatic carbocycles. The summed E-state index contributed by atoms with van der Waals surface area (Å²) < 4.78 is 2.27. The average Bonchev–Trinajstić information content (AvgIpc) is 2.66. The Morgan fingerprint density at radius 1 is 1.28 bits per heavy atom. The molecule has 0 amide bonds. The minimum absolute atomic E-state index is 0.158. The highest BCUT2D eigenvalue weighted by Crippen LogP contribution is 2.35. The maximum atomic E-state index is 4.59. The van der Waals surface area contributed by atoms with Crippen molar-refractivity contribution in [3.05, 3.63) is 29.6 Å². The van der Waals surface area contributed by atoms with E-state index in [0.717, 1.165) is 12.2 Å². The van der Waals surface area contributed by atoms with Crippen molar-refractivity contribution in [1.29, 1.82) is 0 Å². The second-order valence-electron chi connectivity index (χ2n) is 6.33. The van der Waals surface area contributed by atoms with Crippen LogP contribution in [-0.4, -0.2) is 9.55 Å². The second-order valence-corrected chi connectivity index (χ2v) is 6.33. The first-order chi connectivity index (χ1) is 8.36. The number of rotatable bonds is 2. The number of pyridine rings is 1. The van der Waals surface area contributed by atoms with Crippen molar-refractivity contribution in [2.24, 2.45) is 0 Å². The standard InChI is InChI=1S/C16H24N2/c1-7-18-10-13(16(4,5)6)14-12(11(2)3)8-9-17-15(14)18/h8-11H,7H2,1-6H3. The number of nitrogens with zero attached hydrogens (tertiary/aromatic N) is 2. The van der Waals surface area contributed by atoms with Gasteiger partial charge in [-0.05, 0) is 35.4 Å². The zero-order valence-electron chi connectivity index (χ0n) is 12.4.